The smallest absolute Gasteiger partial charge is 0.306 e. The van der Waals surface area contributed by atoms with Crippen molar-refractivity contribution in [1.29, 1.82) is 0 Å². The van der Waals surface area contributed by atoms with E-state index >= 15 is 0 Å². The molecular weight excluding hydrogens is 466 g/mol. The molecule has 36 heavy (non-hydrogen) atoms. The number of methoxy groups -OCH3 is 1. The van der Waals surface area contributed by atoms with Crippen molar-refractivity contribution in [3.8, 4) is 23.0 Å². The van der Waals surface area contributed by atoms with E-state index in [0.29, 0.717) is 28.0 Å². The number of aromatic amines is 1. The lowest BCUT2D eigenvalue weighted by atomic mass is 9.85. The molecule has 1 atom stereocenters. The summed E-state index contributed by atoms with van der Waals surface area (Å²) in [7, 11) is 1.19. The summed E-state index contributed by atoms with van der Waals surface area (Å²) in [5.74, 6) is -2.21. The number of ketones is 1. The number of H-pyrrole nitrogens is 1. The number of fused-ring (bicyclic) bond motifs is 2. The minimum atomic E-state index is -1.13. The third kappa shape index (κ3) is 4.00. The Labute approximate surface area is 204 Å². The molecule has 0 radical (unpaired) electrons. The minimum Gasteiger partial charge on any atom is -0.508 e. The molecule has 3 aromatic carbocycles. The van der Waals surface area contributed by atoms with Gasteiger partial charge in [0, 0.05) is 34.1 Å². The Morgan fingerprint density at radius 1 is 1.03 bits per heavy atom. The van der Waals surface area contributed by atoms with Gasteiger partial charge in [0.25, 0.3) is 5.56 Å². The molecule has 182 valence electrons. The number of hydrogen-bond donors (Lipinski definition) is 3. The molecule has 3 N–H and O–H groups in total. The first-order valence-electron chi connectivity index (χ1n) is 11.1. The van der Waals surface area contributed by atoms with Gasteiger partial charge in [-0.25, -0.2) is 0 Å². The fourth-order valence-corrected chi connectivity index (χ4v) is 4.36. The molecule has 1 aliphatic heterocycles. The third-order valence-corrected chi connectivity index (χ3v) is 6.16. The molecule has 5 rings (SSSR count). The number of carbonyl (C=O) groups excluding carboxylic acids is 2. The van der Waals surface area contributed by atoms with Crippen molar-refractivity contribution in [3.05, 3.63) is 93.3 Å². The van der Waals surface area contributed by atoms with Gasteiger partial charge in [-0.1, -0.05) is 30.3 Å². The number of aromatic nitrogens is 1. The summed E-state index contributed by atoms with van der Waals surface area (Å²) in [4.78, 5) is 41.4. The number of nitrogens with one attached hydrogen (secondary N) is 1. The molecule has 0 fully saturated rings. The number of carbonyl (C=O) groups is 2. The molecule has 0 aliphatic carbocycles. The quantitative estimate of drug-likeness (QED) is 0.277. The van der Waals surface area contributed by atoms with E-state index in [4.69, 9.17) is 14.2 Å². The lowest BCUT2D eigenvalue weighted by Crippen LogP contribution is -2.20. The number of phenols is 2. The monoisotopic (exact) mass is 487 g/mol. The normalized spacial score (nSPS) is 12.9. The van der Waals surface area contributed by atoms with Crippen molar-refractivity contribution in [1.82, 2.24) is 4.98 Å². The van der Waals surface area contributed by atoms with E-state index < -0.39 is 29.0 Å². The molecule has 0 saturated heterocycles. The summed E-state index contributed by atoms with van der Waals surface area (Å²) in [6.45, 7) is 0.0533. The SMILES string of the molecule is COC(=O)CC(c1c(O)ccc(C(=O)c2ccccc2)c1O)c1cc2cc3c(cc2[nH]c1=O)OCO3. The molecule has 0 spiro atoms. The van der Waals surface area contributed by atoms with Gasteiger partial charge in [-0.2, -0.15) is 0 Å². The maximum Gasteiger partial charge on any atom is 0.306 e. The van der Waals surface area contributed by atoms with E-state index in [1.807, 2.05) is 0 Å². The summed E-state index contributed by atoms with van der Waals surface area (Å²) in [5.41, 5.74) is 0.132. The van der Waals surface area contributed by atoms with Crippen LogP contribution in [0.3, 0.4) is 0 Å². The van der Waals surface area contributed by atoms with Crippen LogP contribution in [0.25, 0.3) is 10.9 Å². The molecule has 1 aliphatic rings. The molecule has 4 aromatic rings. The predicted molar refractivity (Wildman–Crippen MR) is 129 cm³/mol. The van der Waals surface area contributed by atoms with Crippen LogP contribution >= 0.6 is 0 Å². The number of esters is 1. The van der Waals surface area contributed by atoms with Gasteiger partial charge in [-0.3, -0.25) is 14.4 Å². The topological polar surface area (TPSA) is 135 Å². The second-order valence-corrected chi connectivity index (χ2v) is 8.27. The molecule has 9 nitrogen and oxygen atoms in total. The number of rotatable bonds is 6. The van der Waals surface area contributed by atoms with Gasteiger partial charge >= 0.3 is 5.97 Å². The lowest BCUT2D eigenvalue weighted by molar-refractivity contribution is -0.140. The number of aromatic hydroxyl groups is 2. The van der Waals surface area contributed by atoms with Gasteiger partial charge in [-0.05, 0) is 24.3 Å². The van der Waals surface area contributed by atoms with Crippen molar-refractivity contribution >= 4 is 22.7 Å². The number of benzene rings is 3. The molecule has 0 amide bonds. The average Bonchev–Trinajstić information content (AvgIpc) is 3.34. The number of ether oxygens (including phenoxy) is 3. The zero-order valence-corrected chi connectivity index (χ0v) is 19.1. The van der Waals surface area contributed by atoms with Gasteiger partial charge in [0.15, 0.2) is 17.3 Å². The fraction of sp³-hybridized carbons (Fsp3) is 0.148. The van der Waals surface area contributed by atoms with Gasteiger partial charge in [0.2, 0.25) is 6.79 Å². The first-order chi connectivity index (χ1) is 17.4. The largest absolute Gasteiger partial charge is 0.508 e. The molecule has 1 unspecified atom stereocenters. The van der Waals surface area contributed by atoms with Gasteiger partial charge in [0.05, 0.1) is 24.6 Å². The van der Waals surface area contributed by atoms with Crippen LogP contribution in [0.2, 0.25) is 0 Å². The highest BCUT2D eigenvalue weighted by atomic mass is 16.7. The van der Waals surface area contributed by atoms with Crippen molar-refractivity contribution in [3.63, 3.8) is 0 Å². The van der Waals surface area contributed by atoms with Crippen molar-refractivity contribution in [2.75, 3.05) is 13.9 Å². The van der Waals surface area contributed by atoms with Gasteiger partial charge in [-0.15, -0.1) is 0 Å². The van der Waals surface area contributed by atoms with E-state index in [-0.39, 0.29) is 35.7 Å². The zero-order valence-electron chi connectivity index (χ0n) is 19.1. The van der Waals surface area contributed by atoms with Crippen LogP contribution in [0, 0.1) is 0 Å². The Kier molecular flexibility index (Phi) is 5.81. The first kappa shape index (κ1) is 23.0. The van der Waals surface area contributed by atoms with Crippen molar-refractivity contribution in [2.45, 2.75) is 12.3 Å². The van der Waals surface area contributed by atoms with Crippen molar-refractivity contribution < 1.29 is 34.0 Å². The highest BCUT2D eigenvalue weighted by Crippen LogP contribution is 2.43. The summed E-state index contributed by atoms with van der Waals surface area (Å²) < 4.78 is 15.6. The van der Waals surface area contributed by atoms with Crippen LogP contribution in [0.15, 0.2) is 65.5 Å². The van der Waals surface area contributed by atoms with Crippen LogP contribution in [0.1, 0.15) is 39.4 Å². The Morgan fingerprint density at radius 3 is 2.47 bits per heavy atom. The van der Waals surface area contributed by atoms with Gasteiger partial charge in [0.1, 0.15) is 11.5 Å². The minimum absolute atomic E-state index is 0.0533. The van der Waals surface area contributed by atoms with Crippen LogP contribution in [0.5, 0.6) is 23.0 Å². The first-order valence-corrected chi connectivity index (χ1v) is 11.1. The summed E-state index contributed by atoms with van der Waals surface area (Å²) >= 11 is 0. The number of hydrogen-bond acceptors (Lipinski definition) is 8. The Balaban J connectivity index is 1.69. The van der Waals surface area contributed by atoms with Gasteiger partial charge < -0.3 is 29.4 Å². The second kappa shape index (κ2) is 9.10. The molecular formula is C27H21NO8. The van der Waals surface area contributed by atoms with Crippen LogP contribution in [0.4, 0.5) is 0 Å². The van der Waals surface area contributed by atoms with Crippen LogP contribution in [-0.4, -0.2) is 40.9 Å². The highest BCUT2D eigenvalue weighted by molar-refractivity contribution is 6.11. The predicted octanol–water partition coefficient (Wildman–Crippen LogP) is 3.59. The Hall–Kier alpha value is -4.79. The number of pyridine rings is 1. The Bertz CT molecular complexity index is 1560. The molecule has 2 heterocycles. The van der Waals surface area contributed by atoms with Crippen molar-refractivity contribution in [2.24, 2.45) is 0 Å². The van der Waals surface area contributed by atoms with E-state index in [9.17, 15) is 24.6 Å². The average molecular weight is 487 g/mol. The van der Waals surface area contributed by atoms with E-state index in [2.05, 4.69) is 4.98 Å². The maximum absolute atomic E-state index is 13.2. The second-order valence-electron chi connectivity index (χ2n) is 8.27. The van der Waals surface area contributed by atoms with E-state index in [0.717, 1.165) is 0 Å². The third-order valence-electron chi connectivity index (χ3n) is 6.16. The maximum atomic E-state index is 13.2. The fourth-order valence-electron chi connectivity index (χ4n) is 4.36. The van der Waals surface area contributed by atoms with E-state index in [1.54, 1.807) is 48.5 Å². The van der Waals surface area contributed by atoms with E-state index in [1.165, 1.54) is 19.2 Å². The number of phenolic OH excluding ortho intramolecular Hbond substituents is 2. The highest BCUT2D eigenvalue weighted by Gasteiger charge is 2.30. The standard InChI is InChI=1S/C27H21NO8/c1-34-23(30)11-17(18-9-15-10-21-22(36-13-35-21)12-19(15)28-27(18)33)24-20(29)8-7-16(26(24)32)25(31)14-5-3-2-4-6-14/h2-10,12,17,29,32H,11,13H2,1H3,(H,28,33). The molecule has 1 aromatic heterocycles. The van der Waals surface area contributed by atoms with Crippen LogP contribution in [-0.2, 0) is 9.53 Å². The zero-order chi connectivity index (χ0) is 25.4. The summed E-state index contributed by atoms with van der Waals surface area (Å²) in [5, 5.41) is 22.5. The van der Waals surface area contributed by atoms with Crippen LogP contribution < -0.4 is 15.0 Å². The summed E-state index contributed by atoms with van der Waals surface area (Å²) in [6, 6.07) is 15.7. The lowest BCUT2D eigenvalue weighted by Gasteiger charge is -2.20. The molecule has 0 saturated carbocycles. The molecule has 0 bridgehead atoms. The summed E-state index contributed by atoms with van der Waals surface area (Å²) in [6.07, 6.45) is -0.375. The molecule has 9 heteroatoms. The Morgan fingerprint density at radius 2 is 1.75 bits per heavy atom.